The van der Waals surface area contributed by atoms with Gasteiger partial charge in [-0.1, -0.05) is 5.76 Å². The molecule has 1 aromatic carbocycles. The van der Waals surface area contributed by atoms with Crippen LogP contribution in [0.3, 0.4) is 0 Å². The molecule has 1 aromatic rings. The molecule has 0 aromatic heterocycles. The lowest BCUT2D eigenvalue weighted by Gasteiger charge is -2.11. The van der Waals surface area contributed by atoms with Crippen molar-refractivity contribution in [2.24, 2.45) is 10.2 Å². The number of halogens is 1. The number of carbonyl (C=O) groups is 3. The van der Waals surface area contributed by atoms with Crippen LogP contribution in [-0.4, -0.2) is 35.5 Å². The summed E-state index contributed by atoms with van der Waals surface area (Å²) in [5, 5.41) is 38.3. The quantitative estimate of drug-likeness (QED) is 0.241. The Morgan fingerprint density at radius 2 is 1.83 bits per heavy atom. The van der Waals surface area contributed by atoms with Gasteiger partial charge in [0, 0.05) is 11.4 Å². The first kappa shape index (κ1) is 19.1. The van der Waals surface area contributed by atoms with Gasteiger partial charge in [0.15, 0.2) is 5.70 Å². The molecule has 0 spiro atoms. The van der Waals surface area contributed by atoms with E-state index in [1.807, 2.05) is 0 Å². The van der Waals surface area contributed by atoms with Crippen LogP contribution in [0.15, 0.2) is 39.9 Å². The van der Waals surface area contributed by atoms with Crippen LogP contribution in [0.25, 0.3) is 0 Å². The average molecular weight is 355 g/mol. The van der Waals surface area contributed by atoms with E-state index in [1.54, 1.807) is 0 Å². The molecule has 0 amide bonds. The standard InChI is InChI=1S/C14H13ClN2O7/c1-2-24-14(23)11(10(18)6-15)17-16-9-4-7(12(19)20)3-8(5-9)13(21)22/h3-5,18H,2,6H2,1H3,(H,19,20)(H,21,22)/p-2/b11-10-,17-16?. The molecule has 0 atom stereocenters. The lowest BCUT2D eigenvalue weighted by Crippen LogP contribution is -2.22. The lowest BCUT2D eigenvalue weighted by atomic mass is 10.1. The van der Waals surface area contributed by atoms with Crippen molar-refractivity contribution in [3.8, 4) is 0 Å². The average Bonchev–Trinajstić information content (AvgIpc) is 2.54. The molecule has 0 bridgehead atoms. The summed E-state index contributed by atoms with van der Waals surface area (Å²) in [5.41, 5.74) is -1.74. The summed E-state index contributed by atoms with van der Waals surface area (Å²) >= 11 is 5.36. The van der Waals surface area contributed by atoms with Crippen LogP contribution >= 0.6 is 11.6 Å². The highest BCUT2D eigenvalue weighted by Gasteiger charge is 2.12. The number of rotatable bonds is 7. The summed E-state index contributed by atoms with van der Waals surface area (Å²) in [6.07, 6.45) is 0. The second-order valence-electron chi connectivity index (χ2n) is 4.19. The minimum atomic E-state index is -1.62. The number of alkyl halides is 1. The molecule has 128 valence electrons. The number of hydrogen-bond donors (Lipinski definition) is 1. The molecule has 0 heterocycles. The summed E-state index contributed by atoms with van der Waals surface area (Å²) in [4.78, 5) is 33.5. The molecule has 0 saturated carbocycles. The van der Waals surface area contributed by atoms with E-state index >= 15 is 0 Å². The smallest absolute Gasteiger partial charge is 0.357 e. The summed E-state index contributed by atoms with van der Waals surface area (Å²) in [5.74, 6) is -5.48. The van der Waals surface area contributed by atoms with E-state index in [0.717, 1.165) is 18.2 Å². The van der Waals surface area contributed by atoms with Crippen molar-refractivity contribution in [1.82, 2.24) is 0 Å². The third-order valence-electron chi connectivity index (χ3n) is 2.52. The minimum absolute atomic E-state index is 0.0171. The van der Waals surface area contributed by atoms with E-state index < -0.39 is 40.8 Å². The van der Waals surface area contributed by atoms with Gasteiger partial charge in [-0.25, -0.2) is 9.59 Å². The molecule has 1 N–H and O–H groups in total. The number of hydrogen-bond acceptors (Lipinski definition) is 8. The number of carboxylic acids is 2. The van der Waals surface area contributed by atoms with Crippen molar-refractivity contribution < 1.29 is 34.4 Å². The van der Waals surface area contributed by atoms with Gasteiger partial charge in [0.1, 0.15) is 0 Å². The normalized spacial score (nSPS) is 11.9. The number of carboxylic acid groups (broad SMARTS) is 2. The van der Waals surface area contributed by atoms with Crippen molar-refractivity contribution in [3.63, 3.8) is 0 Å². The van der Waals surface area contributed by atoms with E-state index in [9.17, 15) is 24.6 Å². The lowest BCUT2D eigenvalue weighted by molar-refractivity contribution is -0.302. The largest absolute Gasteiger partial charge is 0.873 e. The maximum Gasteiger partial charge on any atom is 0.357 e. The summed E-state index contributed by atoms with van der Waals surface area (Å²) in [6.45, 7) is 1.50. The highest BCUT2D eigenvalue weighted by molar-refractivity contribution is 6.19. The van der Waals surface area contributed by atoms with E-state index in [2.05, 4.69) is 15.0 Å². The Labute approximate surface area is 140 Å². The molecule has 10 heteroatoms. The molecule has 1 rings (SSSR count). The number of aromatic carboxylic acids is 2. The number of carbonyl (C=O) groups excluding carboxylic acids is 2. The minimum Gasteiger partial charge on any atom is -0.873 e. The number of allylic oxidation sites excluding steroid dienone is 1. The molecular weight excluding hydrogens is 344 g/mol. The monoisotopic (exact) mass is 354 g/mol. The van der Waals surface area contributed by atoms with Crippen LogP contribution in [0.4, 0.5) is 5.69 Å². The van der Waals surface area contributed by atoms with E-state index in [-0.39, 0.29) is 17.9 Å². The SMILES string of the molecule is CCOC(=O)/C(N=Nc1cc(C(=O)[O-])cc(C(=O)O)c1)=C(/[O-])CCl. The van der Waals surface area contributed by atoms with Gasteiger partial charge in [-0.3, -0.25) is 0 Å². The Hall–Kier alpha value is -2.94. The fourth-order valence-electron chi connectivity index (χ4n) is 1.49. The van der Waals surface area contributed by atoms with Gasteiger partial charge < -0.3 is 24.9 Å². The third kappa shape index (κ3) is 5.06. The summed E-state index contributed by atoms with van der Waals surface area (Å²) < 4.78 is 4.63. The van der Waals surface area contributed by atoms with Crippen molar-refractivity contribution >= 4 is 35.2 Å². The van der Waals surface area contributed by atoms with Crippen LogP contribution in [0.5, 0.6) is 0 Å². The highest BCUT2D eigenvalue weighted by atomic mass is 35.5. The second kappa shape index (κ2) is 8.63. The van der Waals surface area contributed by atoms with Crippen LogP contribution in [0.1, 0.15) is 27.6 Å². The fraction of sp³-hybridized carbons (Fsp3) is 0.214. The van der Waals surface area contributed by atoms with Crippen LogP contribution in [0.2, 0.25) is 0 Å². The maximum absolute atomic E-state index is 11.6. The first-order valence-electron chi connectivity index (χ1n) is 6.44. The van der Waals surface area contributed by atoms with Crippen LogP contribution in [-0.2, 0) is 9.53 Å². The van der Waals surface area contributed by atoms with Gasteiger partial charge >= 0.3 is 11.9 Å². The van der Waals surface area contributed by atoms with Crippen LogP contribution < -0.4 is 10.2 Å². The number of ether oxygens (including phenoxy) is 1. The summed E-state index contributed by atoms with van der Waals surface area (Å²) in [6, 6.07) is 2.85. The second-order valence-corrected chi connectivity index (χ2v) is 4.45. The Bertz CT molecular complexity index is 696. The zero-order valence-corrected chi connectivity index (χ0v) is 13.1. The Morgan fingerprint density at radius 3 is 2.33 bits per heavy atom. The number of benzene rings is 1. The fourth-order valence-corrected chi connectivity index (χ4v) is 1.62. The van der Waals surface area contributed by atoms with Gasteiger partial charge in [-0.2, -0.15) is 5.11 Å². The molecule has 9 nitrogen and oxygen atoms in total. The maximum atomic E-state index is 11.6. The van der Waals surface area contributed by atoms with E-state index in [1.165, 1.54) is 6.92 Å². The molecule has 0 radical (unpaired) electrons. The predicted molar refractivity (Wildman–Crippen MR) is 76.6 cm³/mol. The molecule has 0 fully saturated rings. The topological polar surface area (TPSA) is 152 Å². The predicted octanol–water partition coefficient (Wildman–Crippen LogP) is 0.206. The van der Waals surface area contributed by atoms with Crippen molar-refractivity contribution in [1.29, 1.82) is 0 Å². The molecule has 24 heavy (non-hydrogen) atoms. The third-order valence-corrected chi connectivity index (χ3v) is 2.76. The molecule has 0 aliphatic rings. The van der Waals surface area contributed by atoms with E-state index in [0.29, 0.717) is 0 Å². The highest BCUT2D eigenvalue weighted by Crippen LogP contribution is 2.20. The van der Waals surface area contributed by atoms with Crippen molar-refractivity contribution in [2.75, 3.05) is 12.5 Å². The van der Waals surface area contributed by atoms with Crippen LogP contribution in [0, 0.1) is 0 Å². The number of azo groups is 1. The molecule has 0 unspecified atom stereocenters. The van der Waals surface area contributed by atoms with Gasteiger partial charge in [0.05, 0.1) is 23.8 Å². The van der Waals surface area contributed by atoms with E-state index in [4.69, 9.17) is 16.7 Å². The first-order valence-corrected chi connectivity index (χ1v) is 6.98. The van der Waals surface area contributed by atoms with Gasteiger partial charge in [0.2, 0.25) is 0 Å². The number of esters is 1. The Kier molecular flexibility index (Phi) is 6.87. The van der Waals surface area contributed by atoms with Crippen molar-refractivity contribution in [2.45, 2.75) is 6.92 Å². The van der Waals surface area contributed by atoms with Gasteiger partial charge in [-0.15, -0.1) is 16.7 Å². The zero-order chi connectivity index (χ0) is 18.3. The molecule has 0 saturated heterocycles. The number of nitrogens with zero attached hydrogens (tertiary/aromatic N) is 2. The molecular formula is C14H11ClN2O7-2. The Balaban J connectivity index is 3.30. The Morgan fingerprint density at radius 1 is 1.21 bits per heavy atom. The van der Waals surface area contributed by atoms with Crippen molar-refractivity contribution in [3.05, 3.63) is 40.8 Å². The van der Waals surface area contributed by atoms with Gasteiger partial charge in [-0.05, 0) is 25.1 Å². The molecule has 0 aliphatic carbocycles. The zero-order valence-electron chi connectivity index (χ0n) is 12.3. The van der Waals surface area contributed by atoms with Gasteiger partial charge in [0.25, 0.3) is 0 Å². The first-order chi connectivity index (χ1) is 11.3. The molecule has 0 aliphatic heterocycles. The summed E-state index contributed by atoms with van der Waals surface area (Å²) in [7, 11) is 0.